The van der Waals surface area contributed by atoms with Crippen LogP contribution < -0.4 is 0 Å². The van der Waals surface area contributed by atoms with Crippen molar-refractivity contribution in [3.63, 3.8) is 0 Å². The fraction of sp³-hybridized carbons (Fsp3) is 0.200. The zero-order chi connectivity index (χ0) is 10.1. The first kappa shape index (κ1) is 11.2. The normalized spacial score (nSPS) is 11.1. The lowest BCUT2D eigenvalue weighted by Gasteiger charge is -2.02. The first-order valence-electron chi connectivity index (χ1n) is 4.06. The van der Waals surface area contributed by atoms with Gasteiger partial charge in [0.1, 0.15) is 0 Å². The van der Waals surface area contributed by atoms with Gasteiger partial charge in [0.2, 0.25) is 0 Å². The summed E-state index contributed by atoms with van der Waals surface area (Å²) in [5.74, 6) is 0. The van der Waals surface area contributed by atoms with Gasteiger partial charge in [0.25, 0.3) is 0 Å². The molecule has 0 saturated heterocycles. The molecule has 0 fully saturated rings. The molecule has 74 valence electrons. The summed E-state index contributed by atoms with van der Waals surface area (Å²) in [4.78, 5) is 1.40. The summed E-state index contributed by atoms with van der Waals surface area (Å²) in [5.41, 5.74) is 1.40. The lowest BCUT2D eigenvalue weighted by atomic mass is 10.1. The summed E-state index contributed by atoms with van der Waals surface area (Å²) >= 11 is 9.59. The maximum atomic E-state index is 3.55. The first-order chi connectivity index (χ1) is 6.76. The number of rotatable bonds is 2. The summed E-state index contributed by atoms with van der Waals surface area (Å²) in [7, 11) is 0. The number of hydrogen-bond donors (Lipinski definition) is 0. The molecule has 0 bridgehead atoms. The third kappa shape index (κ3) is 1.99. The summed E-state index contributed by atoms with van der Waals surface area (Å²) in [6.07, 6.45) is 2.14. The number of fused-ring (bicyclic) bond motifs is 1. The van der Waals surface area contributed by atoms with Crippen molar-refractivity contribution in [2.24, 2.45) is 0 Å². The van der Waals surface area contributed by atoms with E-state index in [1.54, 1.807) is 0 Å². The number of halogens is 2. The molecule has 0 spiro atoms. The molecule has 0 saturated carbocycles. The monoisotopic (exact) mass is 398 g/mol. The van der Waals surface area contributed by atoms with Crippen LogP contribution in [0.1, 0.15) is 5.56 Å². The smallest absolute Gasteiger partial charge is 0.0367 e. The average Bonchev–Trinajstić information content (AvgIpc) is 2.59. The van der Waals surface area contributed by atoms with Crippen molar-refractivity contribution in [3.05, 3.63) is 26.6 Å². The van der Waals surface area contributed by atoms with E-state index in [1.165, 1.54) is 24.1 Å². The number of alkyl halides is 1. The predicted molar refractivity (Wildman–Crippen MR) is 79.0 cm³/mol. The van der Waals surface area contributed by atoms with Gasteiger partial charge in [-0.15, -0.1) is 23.1 Å². The SMILES string of the molecule is CSc1csc2cc(I)cc(CBr)c12. The van der Waals surface area contributed by atoms with E-state index in [9.17, 15) is 0 Å². The molecule has 4 heteroatoms. The molecule has 0 amide bonds. The molecule has 2 rings (SSSR count). The highest BCUT2D eigenvalue weighted by Gasteiger charge is 2.08. The quantitative estimate of drug-likeness (QED) is 0.384. The van der Waals surface area contributed by atoms with E-state index in [0.717, 1.165) is 5.33 Å². The topological polar surface area (TPSA) is 0 Å². The zero-order valence-corrected chi connectivity index (χ0v) is 12.9. The van der Waals surface area contributed by atoms with E-state index in [2.05, 4.69) is 62.3 Å². The average molecular weight is 399 g/mol. The van der Waals surface area contributed by atoms with Gasteiger partial charge in [-0.3, -0.25) is 0 Å². The summed E-state index contributed by atoms with van der Waals surface area (Å²) < 4.78 is 2.72. The Hall–Kier alpha value is 0.740. The van der Waals surface area contributed by atoms with Crippen LogP contribution in [0.25, 0.3) is 10.1 Å². The molecule has 0 aliphatic heterocycles. The van der Waals surface area contributed by atoms with Crippen molar-refractivity contribution in [1.82, 2.24) is 0 Å². The van der Waals surface area contributed by atoms with Crippen LogP contribution >= 0.6 is 61.6 Å². The Kier molecular flexibility index (Phi) is 3.79. The Balaban J connectivity index is 2.78. The molecule has 1 aromatic heterocycles. The van der Waals surface area contributed by atoms with E-state index >= 15 is 0 Å². The third-order valence-electron chi connectivity index (χ3n) is 2.05. The van der Waals surface area contributed by atoms with Gasteiger partial charge < -0.3 is 0 Å². The molecule has 14 heavy (non-hydrogen) atoms. The van der Waals surface area contributed by atoms with Gasteiger partial charge in [-0.05, 0) is 46.5 Å². The highest BCUT2D eigenvalue weighted by Crippen LogP contribution is 2.36. The van der Waals surface area contributed by atoms with E-state index in [4.69, 9.17) is 0 Å². The molecule has 0 aliphatic carbocycles. The first-order valence-corrected chi connectivity index (χ1v) is 8.36. The Morgan fingerprint density at radius 3 is 2.93 bits per heavy atom. The Morgan fingerprint density at radius 1 is 1.50 bits per heavy atom. The molecule has 0 aliphatic rings. The van der Waals surface area contributed by atoms with Crippen molar-refractivity contribution < 1.29 is 0 Å². The van der Waals surface area contributed by atoms with Gasteiger partial charge in [0, 0.05) is 29.3 Å². The maximum Gasteiger partial charge on any atom is 0.0367 e. The summed E-state index contributed by atoms with van der Waals surface area (Å²) in [6.45, 7) is 0. The van der Waals surface area contributed by atoms with E-state index < -0.39 is 0 Å². The van der Waals surface area contributed by atoms with Crippen LogP contribution in [0, 0.1) is 3.57 Å². The molecular weight excluding hydrogens is 391 g/mol. The number of thiophene rings is 1. The van der Waals surface area contributed by atoms with Gasteiger partial charge in [0.15, 0.2) is 0 Å². The second-order valence-corrected chi connectivity index (χ2v) is 6.44. The second kappa shape index (κ2) is 4.72. The predicted octanol–water partition coefficient (Wildman–Crippen LogP) is 5.12. The highest BCUT2D eigenvalue weighted by atomic mass is 127. The van der Waals surface area contributed by atoms with Gasteiger partial charge in [-0.25, -0.2) is 0 Å². The minimum atomic E-state index is 0.935. The van der Waals surface area contributed by atoms with Crippen LogP contribution in [0.5, 0.6) is 0 Å². The second-order valence-electron chi connectivity index (χ2n) is 2.88. The maximum absolute atomic E-state index is 3.55. The summed E-state index contributed by atoms with van der Waals surface area (Å²) in [6, 6.07) is 4.51. The molecule has 0 radical (unpaired) electrons. The molecular formula is C10H8BrIS2. The molecule has 0 nitrogen and oxygen atoms in total. The van der Waals surface area contributed by atoms with Gasteiger partial charge in [-0.2, -0.15) is 0 Å². The van der Waals surface area contributed by atoms with Crippen molar-refractivity contribution in [1.29, 1.82) is 0 Å². The molecule has 1 heterocycles. The molecule has 0 atom stereocenters. The summed E-state index contributed by atoms with van der Waals surface area (Å²) in [5, 5.41) is 4.61. The number of thioether (sulfide) groups is 1. The Labute approximate surface area is 114 Å². The van der Waals surface area contributed by atoms with Crippen molar-refractivity contribution >= 4 is 71.7 Å². The van der Waals surface area contributed by atoms with E-state index in [1.807, 2.05) is 23.1 Å². The molecule has 1 aromatic carbocycles. The fourth-order valence-electron chi connectivity index (χ4n) is 1.44. The van der Waals surface area contributed by atoms with Crippen molar-refractivity contribution in [3.8, 4) is 0 Å². The minimum absolute atomic E-state index is 0.935. The van der Waals surface area contributed by atoms with Crippen LogP contribution in [0.15, 0.2) is 22.4 Å². The Bertz CT molecular complexity index is 464. The highest BCUT2D eigenvalue weighted by molar-refractivity contribution is 14.1. The standard InChI is InChI=1S/C10H8BrIS2/c1-13-9-5-14-8-3-7(12)2-6(4-11)10(8)9/h2-3,5H,4H2,1H3. The van der Waals surface area contributed by atoms with Crippen LogP contribution in [0.3, 0.4) is 0 Å². The fourth-order valence-corrected chi connectivity index (χ4v) is 4.73. The molecule has 2 aromatic rings. The Morgan fingerprint density at radius 2 is 2.29 bits per heavy atom. The van der Waals surface area contributed by atoms with E-state index in [0.29, 0.717) is 0 Å². The van der Waals surface area contributed by atoms with Crippen molar-refractivity contribution in [2.45, 2.75) is 10.2 Å². The number of hydrogen-bond acceptors (Lipinski definition) is 2. The minimum Gasteiger partial charge on any atom is -0.143 e. The largest absolute Gasteiger partial charge is 0.143 e. The molecule has 0 N–H and O–H groups in total. The van der Waals surface area contributed by atoms with Gasteiger partial charge in [0.05, 0.1) is 0 Å². The van der Waals surface area contributed by atoms with Gasteiger partial charge >= 0.3 is 0 Å². The number of benzene rings is 1. The zero-order valence-electron chi connectivity index (χ0n) is 7.51. The van der Waals surface area contributed by atoms with Crippen LogP contribution in [-0.4, -0.2) is 6.26 Å². The lowest BCUT2D eigenvalue weighted by molar-refractivity contribution is 1.45. The molecule has 0 unspecified atom stereocenters. The van der Waals surface area contributed by atoms with Gasteiger partial charge in [-0.1, -0.05) is 15.9 Å². The lowest BCUT2D eigenvalue weighted by Crippen LogP contribution is -1.82. The third-order valence-corrected chi connectivity index (χ3v) is 5.12. The van der Waals surface area contributed by atoms with Crippen LogP contribution in [0.2, 0.25) is 0 Å². The van der Waals surface area contributed by atoms with Crippen molar-refractivity contribution in [2.75, 3.05) is 6.26 Å². The van der Waals surface area contributed by atoms with Crippen LogP contribution in [0.4, 0.5) is 0 Å². The van der Waals surface area contributed by atoms with Crippen LogP contribution in [-0.2, 0) is 5.33 Å². The van der Waals surface area contributed by atoms with E-state index in [-0.39, 0.29) is 0 Å².